The molecule has 1 fully saturated rings. The SMILES string of the molecule is CC(C)(CCCCNCC1COCCO1)C(N)=NO. The van der Waals surface area contributed by atoms with Gasteiger partial charge in [-0.15, -0.1) is 0 Å². The van der Waals surface area contributed by atoms with E-state index >= 15 is 0 Å². The van der Waals surface area contributed by atoms with Gasteiger partial charge in [0.2, 0.25) is 0 Å². The molecular formula is C13H27N3O3. The Bertz CT molecular complexity index is 276. The normalized spacial score (nSPS) is 21.6. The molecule has 1 aliphatic rings. The summed E-state index contributed by atoms with van der Waals surface area (Å²) in [7, 11) is 0. The lowest BCUT2D eigenvalue weighted by molar-refractivity contribution is -0.0863. The number of oxime groups is 1. The molecule has 1 atom stereocenters. The predicted octanol–water partition coefficient (Wildman–Crippen LogP) is 0.934. The van der Waals surface area contributed by atoms with Crippen molar-refractivity contribution >= 4 is 5.84 Å². The van der Waals surface area contributed by atoms with E-state index in [0.29, 0.717) is 25.7 Å². The van der Waals surface area contributed by atoms with Crippen molar-refractivity contribution in [3.05, 3.63) is 0 Å². The van der Waals surface area contributed by atoms with Gasteiger partial charge in [0.25, 0.3) is 0 Å². The Morgan fingerprint density at radius 2 is 2.21 bits per heavy atom. The number of nitrogens with zero attached hydrogens (tertiary/aromatic N) is 1. The van der Waals surface area contributed by atoms with E-state index in [2.05, 4.69) is 10.5 Å². The minimum absolute atomic E-state index is 0.183. The lowest BCUT2D eigenvalue weighted by Crippen LogP contribution is -2.37. The van der Waals surface area contributed by atoms with Crippen molar-refractivity contribution in [3.8, 4) is 0 Å². The Balaban J connectivity index is 2.01. The van der Waals surface area contributed by atoms with Gasteiger partial charge in [0.05, 0.1) is 25.9 Å². The van der Waals surface area contributed by atoms with Crippen LogP contribution in [-0.2, 0) is 9.47 Å². The summed E-state index contributed by atoms with van der Waals surface area (Å²) >= 11 is 0. The highest BCUT2D eigenvalue weighted by Gasteiger charge is 2.22. The largest absolute Gasteiger partial charge is 0.409 e. The third kappa shape index (κ3) is 6.22. The fraction of sp³-hybridized carbons (Fsp3) is 0.923. The van der Waals surface area contributed by atoms with Crippen molar-refractivity contribution in [2.45, 2.75) is 39.2 Å². The first kappa shape index (κ1) is 16.2. The van der Waals surface area contributed by atoms with Gasteiger partial charge in [0.15, 0.2) is 0 Å². The number of nitrogens with two attached hydrogens (primary N) is 1. The molecule has 0 amide bonds. The van der Waals surface area contributed by atoms with Crippen LogP contribution in [-0.4, -0.2) is 50.1 Å². The lowest BCUT2D eigenvalue weighted by atomic mass is 9.86. The smallest absolute Gasteiger partial charge is 0.144 e. The van der Waals surface area contributed by atoms with E-state index in [-0.39, 0.29) is 11.5 Å². The number of amidine groups is 1. The maximum absolute atomic E-state index is 8.68. The van der Waals surface area contributed by atoms with E-state index in [1.54, 1.807) is 0 Å². The highest BCUT2D eigenvalue weighted by atomic mass is 16.6. The fourth-order valence-electron chi connectivity index (χ4n) is 2.00. The van der Waals surface area contributed by atoms with Gasteiger partial charge < -0.3 is 25.7 Å². The number of rotatable bonds is 8. The van der Waals surface area contributed by atoms with Crippen LogP contribution >= 0.6 is 0 Å². The Kier molecular flexibility index (Phi) is 7.12. The highest BCUT2D eigenvalue weighted by Crippen LogP contribution is 2.23. The first-order chi connectivity index (χ1) is 9.06. The van der Waals surface area contributed by atoms with Gasteiger partial charge in [-0.1, -0.05) is 25.4 Å². The zero-order valence-electron chi connectivity index (χ0n) is 12.0. The van der Waals surface area contributed by atoms with Crippen LogP contribution in [0.5, 0.6) is 0 Å². The molecule has 0 aromatic rings. The van der Waals surface area contributed by atoms with Gasteiger partial charge in [0, 0.05) is 12.0 Å². The standard InChI is InChI=1S/C13H27N3O3/c1-13(2,12(14)16-17)5-3-4-6-15-9-11-10-18-7-8-19-11/h11,15,17H,3-10H2,1-2H3,(H2,14,16). The van der Waals surface area contributed by atoms with Gasteiger partial charge in [-0.2, -0.15) is 0 Å². The van der Waals surface area contributed by atoms with E-state index in [0.717, 1.165) is 32.4 Å². The maximum Gasteiger partial charge on any atom is 0.144 e. The molecule has 0 bridgehead atoms. The van der Waals surface area contributed by atoms with Crippen LogP contribution in [0, 0.1) is 5.41 Å². The average Bonchev–Trinajstić information content (AvgIpc) is 2.42. The lowest BCUT2D eigenvalue weighted by Gasteiger charge is -2.24. The van der Waals surface area contributed by atoms with Crippen LogP contribution in [0.1, 0.15) is 33.1 Å². The van der Waals surface area contributed by atoms with Crippen molar-refractivity contribution in [2.75, 3.05) is 32.9 Å². The molecule has 0 aromatic carbocycles. The molecule has 0 saturated carbocycles. The number of ether oxygens (including phenoxy) is 2. The van der Waals surface area contributed by atoms with Crippen LogP contribution in [0.2, 0.25) is 0 Å². The third-order valence-electron chi connectivity index (χ3n) is 3.46. The van der Waals surface area contributed by atoms with Gasteiger partial charge in [-0.05, 0) is 19.4 Å². The van der Waals surface area contributed by atoms with E-state index in [1.807, 2.05) is 13.8 Å². The minimum Gasteiger partial charge on any atom is -0.409 e. The second kappa shape index (κ2) is 8.35. The Morgan fingerprint density at radius 1 is 1.42 bits per heavy atom. The van der Waals surface area contributed by atoms with Gasteiger partial charge >= 0.3 is 0 Å². The molecule has 4 N–H and O–H groups in total. The monoisotopic (exact) mass is 273 g/mol. The highest BCUT2D eigenvalue weighted by molar-refractivity contribution is 5.85. The molecule has 0 aliphatic carbocycles. The first-order valence-electron chi connectivity index (χ1n) is 6.94. The van der Waals surface area contributed by atoms with Crippen LogP contribution in [0.4, 0.5) is 0 Å². The fourth-order valence-corrected chi connectivity index (χ4v) is 2.00. The van der Waals surface area contributed by atoms with Crippen molar-refractivity contribution < 1.29 is 14.7 Å². The molecule has 0 spiro atoms. The summed E-state index contributed by atoms with van der Waals surface area (Å²) in [6, 6.07) is 0. The quantitative estimate of drug-likeness (QED) is 0.201. The summed E-state index contributed by atoms with van der Waals surface area (Å²) in [6.45, 7) is 7.85. The summed E-state index contributed by atoms with van der Waals surface area (Å²) < 4.78 is 10.9. The summed E-state index contributed by atoms with van der Waals surface area (Å²) in [4.78, 5) is 0. The van der Waals surface area contributed by atoms with E-state index in [9.17, 15) is 0 Å². The first-order valence-corrected chi connectivity index (χ1v) is 6.94. The topological polar surface area (TPSA) is 89.1 Å². The summed E-state index contributed by atoms with van der Waals surface area (Å²) in [6.07, 6.45) is 3.20. The Morgan fingerprint density at radius 3 is 2.84 bits per heavy atom. The van der Waals surface area contributed by atoms with E-state index < -0.39 is 0 Å². The summed E-state index contributed by atoms with van der Waals surface area (Å²) in [5.74, 6) is 0.299. The van der Waals surface area contributed by atoms with E-state index in [4.69, 9.17) is 20.4 Å². The summed E-state index contributed by atoms with van der Waals surface area (Å²) in [5.41, 5.74) is 5.40. The van der Waals surface area contributed by atoms with Crippen LogP contribution in [0.25, 0.3) is 0 Å². The molecule has 1 aliphatic heterocycles. The second-order valence-electron chi connectivity index (χ2n) is 5.60. The molecule has 6 nitrogen and oxygen atoms in total. The van der Waals surface area contributed by atoms with Crippen LogP contribution in [0.15, 0.2) is 5.16 Å². The second-order valence-corrected chi connectivity index (χ2v) is 5.60. The van der Waals surface area contributed by atoms with Crippen molar-refractivity contribution in [1.82, 2.24) is 5.32 Å². The number of nitrogens with one attached hydrogen (secondary N) is 1. The third-order valence-corrected chi connectivity index (χ3v) is 3.46. The van der Waals surface area contributed by atoms with Crippen LogP contribution < -0.4 is 11.1 Å². The molecule has 1 rings (SSSR count). The van der Waals surface area contributed by atoms with E-state index in [1.165, 1.54) is 0 Å². The van der Waals surface area contributed by atoms with Crippen LogP contribution in [0.3, 0.4) is 0 Å². The zero-order valence-corrected chi connectivity index (χ0v) is 12.0. The number of hydrogen-bond acceptors (Lipinski definition) is 5. The molecule has 1 unspecified atom stereocenters. The molecule has 1 heterocycles. The Hall–Kier alpha value is -0.850. The maximum atomic E-state index is 8.68. The minimum atomic E-state index is -0.241. The number of hydrogen-bond donors (Lipinski definition) is 3. The van der Waals surface area contributed by atoms with Crippen molar-refractivity contribution in [3.63, 3.8) is 0 Å². The van der Waals surface area contributed by atoms with Gasteiger partial charge in [-0.3, -0.25) is 0 Å². The Labute approximate surface area is 115 Å². The molecular weight excluding hydrogens is 246 g/mol. The van der Waals surface area contributed by atoms with Crippen molar-refractivity contribution in [2.24, 2.45) is 16.3 Å². The zero-order chi connectivity index (χ0) is 14.1. The molecule has 0 radical (unpaired) electrons. The number of unbranched alkanes of at least 4 members (excludes halogenated alkanes) is 1. The average molecular weight is 273 g/mol. The van der Waals surface area contributed by atoms with Gasteiger partial charge in [0.1, 0.15) is 5.84 Å². The van der Waals surface area contributed by atoms with Crippen molar-refractivity contribution in [1.29, 1.82) is 0 Å². The summed E-state index contributed by atoms with van der Waals surface area (Å²) in [5, 5.41) is 15.1. The molecule has 19 heavy (non-hydrogen) atoms. The van der Waals surface area contributed by atoms with Gasteiger partial charge in [-0.25, -0.2) is 0 Å². The molecule has 0 aromatic heterocycles. The molecule has 6 heteroatoms. The molecule has 1 saturated heterocycles. The predicted molar refractivity (Wildman–Crippen MR) is 74.5 cm³/mol. The molecule has 112 valence electrons.